The molecule has 0 bridgehead atoms. The van der Waals surface area contributed by atoms with E-state index in [1.807, 2.05) is 23.9 Å². The molecule has 6 heteroatoms. The van der Waals surface area contributed by atoms with E-state index in [0.717, 1.165) is 23.6 Å². The number of nitrogens with one attached hydrogen (secondary N) is 1. The lowest BCUT2D eigenvalue weighted by atomic mass is 10.1. The van der Waals surface area contributed by atoms with E-state index in [9.17, 15) is 0 Å². The number of thioether (sulfide) groups is 1. The number of benzene rings is 1. The molecule has 0 spiro atoms. The molecule has 1 aromatic carbocycles. The average molecular weight is 295 g/mol. The van der Waals surface area contributed by atoms with Crippen molar-refractivity contribution in [3.8, 4) is 5.75 Å². The largest absolute Gasteiger partial charge is 0.496 e. The maximum Gasteiger partial charge on any atom is 0.170 e. The molecule has 4 N–H and O–H groups in total. The molecule has 20 heavy (non-hydrogen) atoms. The van der Waals surface area contributed by atoms with Crippen molar-refractivity contribution in [2.24, 2.45) is 10.9 Å². The Morgan fingerprint density at radius 1 is 1.60 bits per heavy atom. The van der Waals surface area contributed by atoms with E-state index in [1.54, 1.807) is 13.2 Å². The van der Waals surface area contributed by atoms with Gasteiger partial charge in [-0.1, -0.05) is 5.16 Å². The van der Waals surface area contributed by atoms with Crippen LogP contribution in [-0.4, -0.2) is 35.7 Å². The van der Waals surface area contributed by atoms with Gasteiger partial charge in [-0.05, 0) is 36.8 Å². The highest BCUT2D eigenvalue weighted by atomic mass is 32.2. The van der Waals surface area contributed by atoms with Crippen LogP contribution in [0.3, 0.4) is 0 Å². The van der Waals surface area contributed by atoms with Crippen molar-refractivity contribution in [3.05, 3.63) is 29.3 Å². The molecule has 1 saturated heterocycles. The second-order valence-electron chi connectivity index (χ2n) is 4.81. The van der Waals surface area contributed by atoms with Gasteiger partial charge >= 0.3 is 0 Å². The number of hydrogen-bond donors (Lipinski definition) is 3. The number of nitrogens with two attached hydrogens (primary N) is 1. The van der Waals surface area contributed by atoms with Crippen molar-refractivity contribution in [2.45, 2.75) is 25.4 Å². The number of ether oxygens (including phenoxy) is 1. The molecule has 2 rings (SSSR count). The van der Waals surface area contributed by atoms with Crippen LogP contribution in [-0.2, 0) is 6.54 Å². The molecule has 0 aliphatic carbocycles. The van der Waals surface area contributed by atoms with E-state index < -0.39 is 0 Å². The molecular weight excluding hydrogens is 274 g/mol. The summed E-state index contributed by atoms with van der Waals surface area (Å²) in [4.78, 5) is 0. The smallest absolute Gasteiger partial charge is 0.170 e. The second-order valence-corrected chi connectivity index (χ2v) is 5.96. The third-order valence-corrected chi connectivity index (χ3v) is 4.64. The number of oxime groups is 1. The van der Waals surface area contributed by atoms with Gasteiger partial charge in [-0.25, -0.2) is 0 Å². The molecule has 1 heterocycles. The van der Waals surface area contributed by atoms with Crippen molar-refractivity contribution < 1.29 is 9.94 Å². The van der Waals surface area contributed by atoms with Crippen LogP contribution in [0.15, 0.2) is 23.4 Å². The van der Waals surface area contributed by atoms with Crippen LogP contribution < -0.4 is 15.8 Å². The maximum absolute atomic E-state index is 8.75. The van der Waals surface area contributed by atoms with Crippen molar-refractivity contribution >= 4 is 17.6 Å². The normalized spacial score (nSPS) is 19.9. The topological polar surface area (TPSA) is 79.9 Å². The highest BCUT2D eigenvalue weighted by molar-refractivity contribution is 7.99. The minimum Gasteiger partial charge on any atom is -0.496 e. The summed E-state index contributed by atoms with van der Waals surface area (Å²) in [6.07, 6.45) is 2.48. The van der Waals surface area contributed by atoms with Crippen LogP contribution in [0.1, 0.15) is 24.0 Å². The van der Waals surface area contributed by atoms with Gasteiger partial charge in [0.25, 0.3) is 0 Å². The third-order valence-electron chi connectivity index (χ3n) is 3.43. The van der Waals surface area contributed by atoms with Crippen LogP contribution >= 0.6 is 11.8 Å². The Labute approximate surface area is 123 Å². The van der Waals surface area contributed by atoms with Crippen molar-refractivity contribution in [2.75, 3.05) is 18.6 Å². The van der Waals surface area contributed by atoms with Crippen molar-refractivity contribution in [3.63, 3.8) is 0 Å². The summed E-state index contributed by atoms with van der Waals surface area (Å²) in [5.74, 6) is 3.35. The van der Waals surface area contributed by atoms with Gasteiger partial charge in [0.15, 0.2) is 5.84 Å². The Kier molecular flexibility index (Phi) is 5.55. The lowest BCUT2D eigenvalue weighted by molar-refractivity contribution is 0.318. The van der Waals surface area contributed by atoms with Crippen LogP contribution in [0, 0.1) is 0 Å². The van der Waals surface area contributed by atoms with E-state index in [4.69, 9.17) is 15.7 Å². The van der Waals surface area contributed by atoms with E-state index in [2.05, 4.69) is 10.5 Å². The molecule has 110 valence electrons. The SMILES string of the molecule is COc1ccc(/C(N)=N/O)cc1CNC1CCCSC1. The van der Waals surface area contributed by atoms with Crippen LogP contribution in [0.4, 0.5) is 0 Å². The first-order valence-corrected chi connectivity index (χ1v) is 7.86. The number of nitrogens with zero attached hydrogens (tertiary/aromatic N) is 1. The second kappa shape index (κ2) is 7.40. The number of hydrogen-bond acceptors (Lipinski definition) is 5. The van der Waals surface area contributed by atoms with Crippen molar-refractivity contribution in [1.82, 2.24) is 5.32 Å². The molecule has 1 atom stereocenters. The number of amidine groups is 1. The molecule has 0 aromatic heterocycles. The fourth-order valence-corrected chi connectivity index (χ4v) is 3.40. The number of methoxy groups -OCH3 is 1. The zero-order valence-corrected chi connectivity index (χ0v) is 12.4. The summed E-state index contributed by atoms with van der Waals surface area (Å²) < 4.78 is 5.37. The third kappa shape index (κ3) is 3.80. The van der Waals surface area contributed by atoms with E-state index in [0.29, 0.717) is 11.6 Å². The first-order chi connectivity index (χ1) is 9.74. The van der Waals surface area contributed by atoms with E-state index in [-0.39, 0.29) is 5.84 Å². The van der Waals surface area contributed by atoms with Gasteiger partial charge in [-0.15, -0.1) is 0 Å². The standard InChI is InChI=1S/C14H21N3O2S/c1-19-13-5-4-10(14(15)17-18)7-11(13)8-16-12-3-2-6-20-9-12/h4-5,7,12,16,18H,2-3,6,8-9H2,1H3,(H2,15,17). The zero-order valence-electron chi connectivity index (χ0n) is 11.6. The zero-order chi connectivity index (χ0) is 14.4. The fraction of sp³-hybridized carbons (Fsp3) is 0.500. The van der Waals surface area contributed by atoms with Gasteiger partial charge in [0, 0.05) is 29.5 Å². The Hall–Kier alpha value is -1.40. The first-order valence-electron chi connectivity index (χ1n) is 6.70. The highest BCUT2D eigenvalue weighted by Gasteiger charge is 2.14. The summed E-state index contributed by atoms with van der Waals surface area (Å²) in [7, 11) is 1.65. The lowest BCUT2D eigenvalue weighted by Gasteiger charge is -2.23. The highest BCUT2D eigenvalue weighted by Crippen LogP contribution is 2.22. The molecule has 0 radical (unpaired) electrons. The molecule has 0 amide bonds. The molecule has 1 aliphatic rings. The average Bonchev–Trinajstić information content (AvgIpc) is 2.52. The summed E-state index contributed by atoms with van der Waals surface area (Å²) in [6.45, 7) is 0.723. The Morgan fingerprint density at radius 2 is 2.45 bits per heavy atom. The minimum atomic E-state index is 0.113. The number of rotatable bonds is 5. The lowest BCUT2D eigenvalue weighted by Crippen LogP contribution is -2.33. The molecule has 0 saturated carbocycles. The van der Waals surface area contributed by atoms with Crippen LogP contribution in [0.5, 0.6) is 5.75 Å². The van der Waals surface area contributed by atoms with Gasteiger partial charge in [0.05, 0.1) is 7.11 Å². The Morgan fingerprint density at radius 3 is 3.10 bits per heavy atom. The van der Waals surface area contributed by atoms with Gasteiger partial charge in [-0.2, -0.15) is 11.8 Å². The monoisotopic (exact) mass is 295 g/mol. The van der Waals surface area contributed by atoms with Crippen LogP contribution in [0.25, 0.3) is 0 Å². The molecule has 1 unspecified atom stereocenters. The fourth-order valence-electron chi connectivity index (χ4n) is 2.29. The first kappa shape index (κ1) is 15.0. The molecule has 1 aromatic rings. The van der Waals surface area contributed by atoms with Gasteiger partial charge in [-0.3, -0.25) is 0 Å². The summed E-state index contributed by atoms with van der Waals surface area (Å²) in [5.41, 5.74) is 7.35. The predicted molar refractivity (Wildman–Crippen MR) is 82.7 cm³/mol. The molecule has 1 aliphatic heterocycles. The van der Waals surface area contributed by atoms with E-state index in [1.165, 1.54) is 18.6 Å². The minimum absolute atomic E-state index is 0.113. The summed E-state index contributed by atoms with van der Waals surface area (Å²) >= 11 is 1.99. The Balaban J connectivity index is 2.07. The quantitative estimate of drug-likeness (QED) is 0.334. The predicted octanol–water partition coefficient (Wildman–Crippen LogP) is 1.77. The van der Waals surface area contributed by atoms with Crippen LogP contribution in [0.2, 0.25) is 0 Å². The molecular formula is C14H21N3O2S. The summed E-state index contributed by atoms with van der Waals surface area (Å²) in [5, 5.41) is 15.3. The van der Waals surface area contributed by atoms with Gasteiger partial charge in [0.2, 0.25) is 0 Å². The van der Waals surface area contributed by atoms with Gasteiger partial charge in [0.1, 0.15) is 5.75 Å². The molecule has 1 fully saturated rings. The summed E-state index contributed by atoms with van der Waals surface area (Å²) in [6, 6.07) is 6.08. The van der Waals surface area contributed by atoms with Crippen molar-refractivity contribution in [1.29, 1.82) is 0 Å². The Bertz CT molecular complexity index is 473. The van der Waals surface area contributed by atoms with E-state index >= 15 is 0 Å². The van der Waals surface area contributed by atoms with Gasteiger partial charge < -0.3 is 21.0 Å². The maximum atomic E-state index is 8.75. The molecule has 5 nitrogen and oxygen atoms in total.